The number of aliphatic carboxylic acids is 1. The van der Waals surface area contributed by atoms with Gasteiger partial charge in [0.1, 0.15) is 0 Å². The lowest BCUT2D eigenvalue weighted by molar-refractivity contribution is -0.136. The van der Waals surface area contributed by atoms with Crippen molar-refractivity contribution in [2.24, 2.45) is 0 Å². The number of amides is 1. The largest absolute Gasteiger partial charge is 0.481 e. The molecule has 0 bridgehead atoms. The van der Waals surface area contributed by atoms with Crippen LogP contribution < -0.4 is 11.1 Å². The number of nitrogens with two attached hydrogens (primary N) is 1. The quantitative estimate of drug-likeness (QED) is 0.733. The molecule has 1 amide bonds. The molecule has 0 spiro atoms. The van der Waals surface area contributed by atoms with Gasteiger partial charge in [-0.15, -0.1) is 0 Å². The van der Waals surface area contributed by atoms with E-state index in [0.29, 0.717) is 16.9 Å². The van der Waals surface area contributed by atoms with E-state index in [0.717, 1.165) is 5.56 Å². The lowest BCUT2D eigenvalue weighted by Crippen LogP contribution is -2.14. The maximum Gasteiger partial charge on any atom is 0.307 e. The maximum atomic E-state index is 11.9. The third kappa shape index (κ3) is 4.65. The average molecular weight is 284 g/mol. The number of carboxylic acids is 1. The summed E-state index contributed by atoms with van der Waals surface area (Å²) in [4.78, 5) is 22.5. The van der Waals surface area contributed by atoms with E-state index in [2.05, 4.69) is 5.32 Å². The molecule has 2 aromatic carbocycles. The topological polar surface area (TPSA) is 92.4 Å². The van der Waals surface area contributed by atoms with E-state index in [-0.39, 0.29) is 18.7 Å². The van der Waals surface area contributed by atoms with Gasteiger partial charge >= 0.3 is 5.97 Å². The fraction of sp³-hybridized carbons (Fsp3) is 0.125. The van der Waals surface area contributed by atoms with Gasteiger partial charge in [0.05, 0.1) is 12.8 Å². The Bertz CT molecular complexity index is 634. The standard InChI is InChI=1S/C16H16N2O3/c17-13-5-1-11(2-6-13)9-15(19)18-14-7-3-12(4-8-14)10-16(20)21/h1-8H,9-10,17H2,(H,18,19)(H,20,21). The van der Waals surface area contributed by atoms with Crippen LogP contribution in [-0.2, 0) is 22.4 Å². The molecule has 0 unspecified atom stereocenters. The molecule has 0 saturated heterocycles. The van der Waals surface area contributed by atoms with Crippen LogP contribution in [0.1, 0.15) is 11.1 Å². The minimum Gasteiger partial charge on any atom is -0.481 e. The van der Waals surface area contributed by atoms with Crippen LogP contribution in [0.15, 0.2) is 48.5 Å². The van der Waals surface area contributed by atoms with Gasteiger partial charge in [0.15, 0.2) is 0 Å². The number of rotatable bonds is 5. The van der Waals surface area contributed by atoms with Gasteiger partial charge < -0.3 is 16.2 Å². The second kappa shape index (κ2) is 6.56. The second-order valence-electron chi connectivity index (χ2n) is 4.73. The summed E-state index contributed by atoms with van der Waals surface area (Å²) >= 11 is 0. The Labute approximate surface area is 122 Å². The zero-order chi connectivity index (χ0) is 15.2. The maximum absolute atomic E-state index is 11.9. The highest BCUT2D eigenvalue weighted by atomic mass is 16.4. The van der Waals surface area contributed by atoms with E-state index in [1.807, 2.05) is 12.1 Å². The van der Waals surface area contributed by atoms with Crippen molar-refractivity contribution in [1.82, 2.24) is 0 Å². The molecule has 5 nitrogen and oxygen atoms in total. The molecule has 0 aliphatic carbocycles. The number of hydrogen-bond donors (Lipinski definition) is 3. The number of carbonyl (C=O) groups is 2. The number of carbonyl (C=O) groups excluding carboxylic acids is 1. The van der Waals surface area contributed by atoms with Crippen LogP contribution in [0.4, 0.5) is 11.4 Å². The molecule has 0 saturated carbocycles. The minimum atomic E-state index is -0.880. The SMILES string of the molecule is Nc1ccc(CC(=O)Nc2ccc(CC(=O)O)cc2)cc1. The lowest BCUT2D eigenvalue weighted by Gasteiger charge is -2.06. The van der Waals surface area contributed by atoms with Crippen LogP contribution in [0.3, 0.4) is 0 Å². The van der Waals surface area contributed by atoms with Crippen LogP contribution in [0.25, 0.3) is 0 Å². The van der Waals surface area contributed by atoms with E-state index in [9.17, 15) is 9.59 Å². The van der Waals surface area contributed by atoms with E-state index in [4.69, 9.17) is 10.8 Å². The third-order valence-corrected chi connectivity index (χ3v) is 2.94. The van der Waals surface area contributed by atoms with Gasteiger partial charge in [-0.05, 0) is 35.4 Å². The molecule has 0 aliphatic rings. The summed E-state index contributed by atoms with van der Waals surface area (Å²) < 4.78 is 0. The first-order valence-electron chi connectivity index (χ1n) is 6.48. The van der Waals surface area contributed by atoms with Crippen LogP contribution >= 0.6 is 0 Å². The molecule has 0 aromatic heterocycles. The van der Waals surface area contributed by atoms with E-state index in [1.54, 1.807) is 36.4 Å². The van der Waals surface area contributed by atoms with Crippen molar-refractivity contribution in [2.75, 3.05) is 11.1 Å². The molecule has 5 heteroatoms. The summed E-state index contributed by atoms with van der Waals surface area (Å²) in [5.41, 5.74) is 8.46. The van der Waals surface area contributed by atoms with Gasteiger partial charge in [-0.3, -0.25) is 9.59 Å². The van der Waals surface area contributed by atoms with Crippen molar-refractivity contribution < 1.29 is 14.7 Å². The molecule has 2 rings (SSSR count). The van der Waals surface area contributed by atoms with E-state index >= 15 is 0 Å². The first kappa shape index (κ1) is 14.6. The van der Waals surface area contributed by atoms with E-state index < -0.39 is 5.97 Å². The van der Waals surface area contributed by atoms with E-state index in [1.165, 1.54) is 0 Å². The predicted octanol–water partition coefficient (Wildman–Crippen LogP) is 2.08. The number of anilines is 2. The Hall–Kier alpha value is -2.82. The molecule has 0 atom stereocenters. The number of nitrogens with one attached hydrogen (secondary N) is 1. The molecule has 0 aliphatic heterocycles. The van der Waals surface area contributed by atoms with Crippen molar-refractivity contribution in [1.29, 1.82) is 0 Å². The Morgan fingerprint density at radius 3 is 2.00 bits per heavy atom. The summed E-state index contributed by atoms with van der Waals surface area (Å²) in [5.74, 6) is -1.01. The van der Waals surface area contributed by atoms with Crippen molar-refractivity contribution >= 4 is 23.3 Å². The van der Waals surface area contributed by atoms with Gasteiger partial charge in [-0.2, -0.15) is 0 Å². The number of carboxylic acid groups (broad SMARTS) is 1. The highest BCUT2D eigenvalue weighted by Gasteiger charge is 2.05. The van der Waals surface area contributed by atoms with Crippen LogP contribution in [-0.4, -0.2) is 17.0 Å². The average Bonchev–Trinajstić information content (AvgIpc) is 2.43. The molecule has 2 aromatic rings. The summed E-state index contributed by atoms with van der Waals surface area (Å²) in [6.07, 6.45) is 0.233. The molecule has 0 fully saturated rings. The Balaban J connectivity index is 1.93. The van der Waals surface area contributed by atoms with Crippen molar-refractivity contribution in [3.8, 4) is 0 Å². The van der Waals surface area contributed by atoms with Crippen LogP contribution in [0.2, 0.25) is 0 Å². The van der Waals surface area contributed by atoms with Gasteiger partial charge in [-0.1, -0.05) is 24.3 Å². The first-order valence-corrected chi connectivity index (χ1v) is 6.48. The zero-order valence-electron chi connectivity index (χ0n) is 11.4. The Morgan fingerprint density at radius 2 is 1.43 bits per heavy atom. The van der Waals surface area contributed by atoms with Crippen molar-refractivity contribution in [3.05, 3.63) is 59.7 Å². The number of nitrogen functional groups attached to an aromatic ring is 1. The fourth-order valence-corrected chi connectivity index (χ4v) is 1.91. The van der Waals surface area contributed by atoms with Crippen LogP contribution in [0.5, 0.6) is 0 Å². The highest BCUT2D eigenvalue weighted by Crippen LogP contribution is 2.12. The predicted molar refractivity (Wildman–Crippen MR) is 81.0 cm³/mol. The first-order chi connectivity index (χ1) is 10.0. The number of hydrogen-bond acceptors (Lipinski definition) is 3. The molecule has 0 heterocycles. The molecule has 21 heavy (non-hydrogen) atoms. The molecular formula is C16H16N2O3. The highest BCUT2D eigenvalue weighted by molar-refractivity contribution is 5.92. The van der Waals surface area contributed by atoms with Gasteiger partial charge in [0, 0.05) is 11.4 Å². The second-order valence-corrected chi connectivity index (χ2v) is 4.73. The Morgan fingerprint density at radius 1 is 0.905 bits per heavy atom. The van der Waals surface area contributed by atoms with Crippen molar-refractivity contribution in [3.63, 3.8) is 0 Å². The summed E-state index contributed by atoms with van der Waals surface area (Å²) in [6, 6.07) is 13.9. The third-order valence-electron chi connectivity index (χ3n) is 2.94. The zero-order valence-corrected chi connectivity index (χ0v) is 11.4. The monoisotopic (exact) mass is 284 g/mol. The van der Waals surface area contributed by atoms with Gasteiger partial charge in [0.25, 0.3) is 0 Å². The van der Waals surface area contributed by atoms with Gasteiger partial charge in [0.2, 0.25) is 5.91 Å². The number of benzene rings is 2. The summed E-state index contributed by atoms with van der Waals surface area (Å²) in [6.45, 7) is 0. The summed E-state index contributed by atoms with van der Waals surface area (Å²) in [7, 11) is 0. The minimum absolute atomic E-state index is 0.0281. The van der Waals surface area contributed by atoms with Gasteiger partial charge in [-0.25, -0.2) is 0 Å². The summed E-state index contributed by atoms with van der Waals surface area (Å²) in [5, 5.41) is 11.5. The molecule has 4 N–H and O–H groups in total. The molecule has 108 valence electrons. The molecule has 0 radical (unpaired) electrons. The smallest absolute Gasteiger partial charge is 0.307 e. The van der Waals surface area contributed by atoms with Crippen molar-refractivity contribution in [2.45, 2.75) is 12.8 Å². The molecular weight excluding hydrogens is 268 g/mol. The van der Waals surface area contributed by atoms with Crippen LogP contribution in [0, 0.1) is 0 Å². The lowest BCUT2D eigenvalue weighted by atomic mass is 10.1. The Kier molecular flexibility index (Phi) is 4.56. The fourth-order valence-electron chi connectivity index (χ4n) is 1.91. The normalized spacial score (nSPS) is 10.1.